The molecule has 3 aliphatic rings. The Balaban J connectivity index is 1.73. The second-order valence-corrected chi connectivity index (χ2v) is 14.4. The van der Waals surface area contributed by atoms with E-state index in [2.05, 4.69) is 34.4 Å². The van der Waals surface area contributed by atoms with Crippen molar-refractivity contribution in [2.75, 3.05) is 24.6 Å². The Kier molecular flexibility index (Phi) is 11.5. The Labute approximate surface area is 280 Å². The van der Waals surface area contributed by atoms with Gasteiger partial charge in [-0.2, -0.15) is 0 Å². The molecule has 1 aromatic rings. The van der Waals surface area contributed by atoms with Crippen molar-refractivity contribution in [1.29, 1.82) is 0 Å². The summed E-state index contributed by atoms with van der Waals surface area (Å²) in [6, 6.07) is 4.03. The van der Waals surface area contributed by atoms with Crippen molar-refractivity contribution >= 4 is 45.3 Å². The molecule has 4 rings (SSSR count). The van der Waals surface area contributed by atoms with E-state index in [1.807, 2.05) is 45.9 Å². The fourth-order valence-electron chi connectivity index (χ4n) is 7.53. The first-order valence-corrected chi connectivity index (χ1v) is 17.1. The molecule has 10 nitrogen and oxygen atoms in total. The number of benzene rings is 1. The lowest BCUT2D eigenvalue weighted by Gasteiger charge is -2.40. The summed E-state index contributed by atoms with van der Waals surface area (Å²) in [5.41, 5.74) is 1.19. The number of halogens is 1. The second kappa shape index (κ2) is 14.8. The molecular weight excluding hydrogens is 654 g/mol. The van der Waals surface area contributed by atoms with Gasteiger partial charge in [0.25, 0.3) is 5.91 Å². The fraction of sp³-hybridized carbons (Fsp3) is 0.600. The maximum Gasteiger partial charge on any atom is 0.312 e. The maximum atomic E-state index is 15.0. The third-order valence-corrected chi connectivity index (χ3v) is 10.2. The zero-order valence-electron chi connectivity index (χ0n) is 27.5. The first kappa shape index (κ1) is 35.8. The predicted octanol–water partition coefficient (Wildman–Crippen LogP) is 3.99. The Morgan fingerprint density at radius 1 is 1.22 bits per heavy atom. The van der Waals surface area contributed by atoms with E-state index in [0.717, 1.165) is 16.8 Å². The average Bonchev–Trinajstić information content (AvgIpc) is 3.60. The van der Waals surface area contributed by atoms with Crippen LogP contribution in [0.15, 0.2) is 43.5 Å². The van der Waals surface area contributed by atoms with Gasteiger partial charge in [-0.1, -0.05) is 60.1 Å². The smallest absolute Gasteiger partial charge is 0.312 e. The minimum absolute atomic E-state index is 0.113. The van der Waals surface area contributed by atoms with Gasteiger partial charge in [0.1, 0.15) is 17.7 Å². The van der Waals surface area contributed by atoms with Crippen LogP contribution in [0.1, 0.15) is 57.6 Å². The number of esters is 1. The SMILES string of the molecule is C=CCCC(=O)NC[C@H](C)OC(=O)[C@@H]1[C@H]2O[C@@]3(CC2Br)[C@H](C(=O)N(CC=C)c2c(C)cccc2C)N([C@@H](CO)CC(C)C)C(=O)[C@@H]13. The zero-order valence-corrected chi connectivity index (χ0v) is 29.1. The van der Waals surface area contributed by atoms with E-state index in [9.17, 15) is 24.3 Å². The van der Waals surface area contributed by atoms with Crippen LogP contribution in [0.25, 0.3) is 0 Å². The average molecular weight is 703 g/mol. The van der Waals surface area contributed by atoms with Crippen molar-refractivity contribution < 1.29 is 33.8 Å². The third-order valence-electron chi connectivity index (χ3n) is 9.35. The highest BCUT2D eigenvalue weighted by molar-refractivity contribution is 9.09. The van der Waals surface area contributed by atoms with E-state index in [1.54, 1.807) is 24.0 Å². The first-order valence-electron chi connectivity index (χ1n) is 16.1. The summed E-state index contributed by atoms with van der Waals surface area (Å²) in [6.07, 6.45) is 3.56. The minimum Gasteiger partial charge on any atom is -0.460 e. The van der Waals surface area contributed by atoms with Crippen LogP contribution in [0, 0.1) is 31.6 Å². The van der Waals surface area contributed by atoms with Crippen molar-refractivity contribution in [1.82, 2.24) is 10.2 Å². The summed E-state index contributed by atoms with van der Waals surface area (Å²) in [7, 11) is 0. The molecule has 3 aliphatic heterocycles. The standard InChI is InChI=1S/C35H48BrN3O7/c1-8-10-14-26(41)37-18-23(7)45-34(44)27-28-32(42)39(24(19-40)16-20(3)4)31(35(28)17-25(36)30(27)46-35)33(43)38(15-9-2)29-21(5)12-11-13-22(29)6/h8-9,11-13,20,23-25,27-28,30-31,40H,1-2,10,14-19H2,3-7H3,(H,37,41)/t23-,24+,25?,27-,28+,30-,31-,35+/m0/s1. The number of rotatable bonds is 15. The van der Waals surface area contributed by atoms with Crippen LogP contribution in [-0.4, -0.2) is 88.1 Å². The highest BCUT2D eigenvalue weighted by Gasteiger charge is 2.77. The lowest BCUT2D eigenvalue weighted by molar-refractivity contribution is -0.159. The monoisotopic (exact) mass is 701 g/mol. The highest BCUT2D eigenvalue weighted by Crippen LogP contribution is 2.61. The maximum absolute atomic E-state index is 15.0. The molecule has 2 bridgehead atoms. The van der Waals surface area contributed by atoms with Gasteiger partial charge in [0, 0.05) is 23.5 Å². The van der Waals surface area contributed by atoms with Gasteiger partial charge in [-0.05, 0) is 57.1 Å². The van der Waals surface area contributed by atoms with E-state index in [0.29, 0.717) is 19.3 Å². The largest absolute Gasteiger partial charge is 0.460 e. The van der Waals surface area contributed by atoms with Gasteiger partial charge >= 0.3 is 5.97 Å². The Hall–Kier alpha value is -3.02. The summed E-state index contributed by atoms with van der Waals surface area (Å²) in [5, 5.41) is 13.4. The fourth-order valence-corrected chi connectivity index (χ4v) is 8.47. The normalized spacial score (nSPS) is 27.7. The van der Waals surface area contributed by atoms with Crippen molar-refractivity contribution in [3.05, 3.63) is 54.6 Å². The molecule has 3 fully saturated rings. The molecule has 0 aliphatic carbocycles. The molecule has 46 heavy (non-hydrogen) atoms. The number of para-hydroxylation sites is 1. The molecule has 252 valence electrons. The van der Waals surface area contributed by atoms with Gasteiger partial charge in [-0.3, -0.25) is 19.2 Å². The lowest BCUT2D eigenvalue weighted by Crippen LogP contribution is -2.59. The van der Waals surface area contributed by atoms with Gasteiger partial charge in [0.2, 0.25) is 11.8 Å². The predicted molar refractivity (Wildman–Crippen MR) is 179 cm³/mol. The summed E-state index contributed by atoms with van der Waals surface area (Å²) < 4.78 is 12.5. The molecule has 0 aromatic heterocycles. The molecule has 0 saturated carbocycles. The van der Waals surface area contributed by atoms with Crippen LogP contribution in [-0.2, 0) is 28.7 Å². The number of aliphatic hydroxyl groups is 1. The topological polar surface area (TPSA) is 125 Å². The molecule has 1 aromatic carbocycles. The molecule has 8 atom stereocenters. The number of amides is 3. The van der Waals surface area contributed by atoms with Crippen LogP contribution in [0.3, 0.4) is 0 Å². The van der Waals surface area contributed by atoms with E-state index in [1.165, 1.54) is 4.90 Å². The Morgan fingerprint density at radius 2 is 1.89 bits per heavy atom. The van der Waals surface area contributed by atoms with Crippen LogP contribution >= 0.6 is 15.9 Å². The van der Waals surface area contributed by atoms with Crippen molar-refractivity contribution in [2.45, 2.75) is 95.0 Å². The van der Waals surface area contributed by atoms with E-state index in [4.69, 9.17) is 9.47 Å². The highest BCUT2D eigenvalue weighted by atomic mass is 79.9. The van der Waals surface area contributed by atoms with E-state index in [-0.39, 0.29) is 48.7 Å². The number of likely N-dealkylation sites (tertiary alicyclic amines) is 1. The summed E-state index contributed by atoms with van der Waals surface area (Å²) in [5.74, 6) is -3.37. The summed E-state index contributed by atoms with van der Waals surface area (Å²) >= 11 is 3.70. The van der Waals surface area contributed by atoms with Gasteiger partial charge in [0.05, 0.1) is 37.1 Å². The second-order valence-electron chi connectivity index (χ2n) is 13.2. The van der Waals surface area contributed by atoms with Gasteiger partial charge in [-0.25, -0.2) is 0 Å². The number of nitrogens with zero attached hydrogens (tertiary/aromatic N) is 2. The number of carbonyl (C=O) groups excluding carboxylic acids is 4. The molecule has 3 saturated heterocycles. The molecule has 3 amide bonds. The van der Waals surface area contributed by atoms with Gasteiger partial charge in [-0.15, -0.1) is 13.2 Å². The summed E-state index contributed by atoms with van der Waals surface area (Å²) in [6.45, 7) is 17.0. The van der Waals surface area contributed by atoms with Crippen LogP contribution in [0.2, 0.25) is 0 Å². The number of anilines is 1. The number of nitrogens with one attached hydrogen (secondary N) is 1. The number of hydrogen-bond acceptors (Lipinski definition) is 7. The number of allylic oxidation sites excluding steroid dienone is 1. The molecule has 1 spiro atoms. The number of aliphatic hydroxyl groups excluding tert-OH is 1. The molecule has 0 radical (unpaired) electrons. The number of ether oxygens (including phenoxy) is 2. The zero-order chi connectivity index (χ0) is 33.9. The van der Waals surface area contributed by atoms with Crippen molar-refractivity contribution in [2.24, 2.45) is 17.8 Å². The molecule has 11 heteroatoms. The number of aryl methyl sites for hydroxylation is 2. The lowest BCUT2D eigenvalue weighted by atomic mass is 9.70. The minimum atomic E-state index is -1.32. The number of carbonyl (C=O) groups is 4. The quantitative estimate of drug-likeness (QED) is 0.161. The van der Waals surface area contributed by atoms with Crippen LogP contribution < -0.4 is 10.2 Å². The van der Waals surface area contributed by atoms with E-state index < -0.39 is 53.6 Å². The number of hydrogen-bond donors (Lipinski definition) is 2. The molecular formula is C35H48BrN3O7. The van der Waals surface area contributed by atoms with Crippen LogP contribution in [0.4, 0.5) is 5.69 Å². The first-order chi connectivity index (χ1) is 21.8. The van der Waals surface area contributed by atoms with Gasteiger partial charge < -0.3 is 29.7 Å². The van der Waals surface area contributed by atoms with Crippen molar-refractivity contribution in [3.63, 3.8) is 0 Å². The van der Waals surface area contributed by atoms with Crippen molar-refractivity contribution in [3.8, 4) is 0 Å². The summed E-state index contributed by atoms with van der Waals surface area (Å²) in [4.78, 5) is 58.3. The Morgan fingerprint density at radius 3 is 2.48 bits per heavy atom. The third kappa shape index (κ3) is 6.69. The molecule has 1 unspecified atom stereocenters. The Bertz CT molecular complexity index is 1330. The van der Waals surface area contributed by atoms with Crippen LogP contribution in [0.5, 0.6) is 0 Å². The van der Waals surface area contributed by atoms with Gasteiger partial charge in [0.15, 0.2) is 0 Å². The number of fused-ring (bicyclic) bond motifs is 1. The molecule has 3 heterocycles. The van der Waals surface area contributed by atoms with E-state index >= 15 is 0 Å². The number of alkyl halides is 1. The molecule has 2 N–H and O–H groups in total.